The summed E-state index contributed by atoms with van der Waals surface area (Å²) in [5.74, 6) is -0.786. The summed E-state index contributed by atoms with van der Waals surface area (Å²) in [7, 11) is 0. The van der Waals surface area contributed by atoms with Crippen LogP contribution >= 0.6 is 11.3 Å². The van der Waals surface area contributed by atoms with Crippen LogP contribution in [0.2, 0.25) is 0 Å². The monoisotopic (exact) mass is 262 g/mol. The van der Waals surface area contributed by atoms with Gasteiger partial charge in [0.2, 0.25) is 5.13 Å². The van der Waals surface area contributed by atoms with E-state index in [9.17, 15) is 18.0 Å². The number of amides is 1. The fourth-order valence-electron chi connectivity index (χ4n) is 1.13. The van der Waals surface area contributed by atoms with Crippen LogP contribution in [-0.4, -0.2) is 20.7 Å². The molecule has 0 saturated heterocycles. The summed E-state index contributed by atoms with van der Waals surface area (Å²) in [6, 6.07) is 1.30. The van der Waals surface area contributed by atoms with Crippen molar-refractivity contribution in [2.24, 2.45) is 5.73 Å². The second-order valence-corrected chi connectivity index (χ2v) is 3.84. The molecule has 9 heteroatoms. The summed E-state index contributed by atoms with van der Waals surface area (Å²) in [6.45, 7) is 0. The molecule has 0 unspecified atom stereocenters. The summed E-state index contributed by atoms with van der Waals surface area (Å²) in [5.41, 5.74) is 4.00. The molecule has 0 aliphatic carbocycles. The van der Waals surface area contributed by atoms with Crippen LogP contribution in [-0.2, 0) is 6.18 Å². The fraction of sp³-hybridized carbons (Fsp3) is 0.125. The number of alkyl halides is 3. The number of nitrogens with two attached hydrogens (primary N) is 1. The van der Waals surface area contributed by atoms with E-state index >= 15 is 0 Å². The van der Waals surface area contributed by atoms with Gasteiger partial charge in [0.1, 0.15) is 5.69 Å². The Kier molecular flexibility index (Phi) is 2.62. The molecular formula is C8H5F3N4OS. The van der Waals surface area contributed by atoms with Crippen molar-refractivity contribution in [1.29, 1.82) is 0 Å². The van der Waals surface area contributed by atoms with Crippen molar-refractivity contribution in [1.82, 2.24) is 14.8 Å². The highest BCUT2D eigenvalue weighted by atomic mass is 32.1. The molecule has 0 aliphatic heterocycles. The van der Waals surface area contributed by atoms with Crippen molar-refractivity contribution in [2.45, 2.75) is 6.18 Å². The van der Waals surface area contributed by atoms with Crippen molar-refractivity contribution in [3.05, 3.63) is 29.0 Å². The number of hydrogen-bond donors (Lipinski definition) is 1. The Balaban J connectivity index is 2.44. The molecular weight excluding hydrogens is 257 g/mol. The maximum atomic E-state index is 12.3. The molecule has 5 nitrogen and oxygen atoms in total. The minimum Gasteiger partial charge on any atom is -0.364 e. The number of carbonyl (C=O) groups excluding carboxylic acids is 1. The van der Waals surface area contributed by atoms with Gasteiger partial charge >= 0.3 is 6.18 Å². The Morgan fingerprint density at radius 2 is 2.18 bits per heavy atom. The number of thiazole rings is 1. The third kappa shape index (κ3) is 2.13. The van der Waals surface area contributed by atoms with Crippen LogP contribution in [0.25, 0.3) is 5.13 Å². The highest BCUT2D eigenvalue weighted by molar-refractivity contribution is 7.12. The number of halogens is 3. The fourth-order valence-corrected chi connectivity index (χ4v) is 1.93. The summed E-state index contributed by atoms with van der Waals surface area (Å²) >= 11 is 0.727. The average Bonchev–Trinajstić information content (AvgIpc) is 2.85. The first-order chi connectivity index (χ1) is 7.89. The highest BCUT2D eigenvalue weighted by Gasteiger charge is 2.34. The minimum absolute atomic E-state index is 0.0203. The Labute approximate surface area is 96.7 Å². The van der Waals surface area contributed by atoms with E-state index in [0.717, 1.165) is 21.4 Å². The van der Waals surface area contributed by atoms with Gasteiger partial charge in [-0.1, -0.05) is 0 Å². The second-order valence-electron chi connectivity index (χ2n) is 3.01. The molecule has 2 rings (SSSR count). The van der Waals surface area contributed by atoms with Gasteiger partial charge < -0.3 is 5.73 Å². The van der Waals surface area contributed by atoms with E-state index in [-0.39, 0.29) is 10.8 Å². The van der Waals surface area contributed by atoms with Crippen LogP contribution in [0.5, 0.6) is 0 Å². The molecule has 17 heavy (non-hydrogen) atoms. The van der Waals surface area contributed by atoms with E-state index in [2.05, 4.69) is 10.1 Å². The largest absolute Gasteiger partial charge is 0.434 e. The standard InChI is InChI=1S/C8H5F3N4OS/c9-8(10,11)5-3-17-7(14-5)15-4(6(12)16)1-2-13-15/h1-3H,(H2,12,16). The van der Waals surface area contributed by atoms with Crippen molar-refractivity contribution in [3.63, 3.8) is 0 Å². The highest BCUT2D eigenvalue weighted by Crippen LogP contribution is 2.31. The molecule has 0 spiro atoms. The van der Waals surface area contributed by atoms with Crippen LogP contribution < -0.4 is 5.73 Å². The van der Waals surface area contributed by atoms with Crippen molar-refractivity contribution >= 4 is 17.2 Å². The number of aromatic nitrogens is 3. The SMILES string of the molecule is NC(=O)c1ccnn1-c1nc(C(F)(F)F)cs1. The summed E-state index contributed by atoms with van der Waals surface area (Å²) < 4.78 is 37.9. The third-order valence-electron chi connectivity index (χ3n) is 1.86. The van der Waals surface area contributed by atoms with Crippen LogP contribution in [0.1, 0.15) is 16.2 Å². The topological polar surface area (TPSA) is 73.8 Å². The molecule has 0 saturated carbocycles. The van der Waals surface area contributed by atoms with Crippen molar-refractivity contribution in [2.75, 3.05) is 0 Å². The van der Waals surface area contributed by atoms with Crippen LogP contribution in [0.4, 0.5) is 13.2 Å². The lowest BCUT2D eigenvalue weighted by atomic mass is 10.4. The Hall–Kier alpha value is -1.90. The van der Waals surface area contributed by atoms with Gasteiger partial charge in [-0.05, 0) is 6.07 Å². The molecule has 0 aromatic carbocycles. The number of carbonyl (C=O) groups is 1. The lowest BCUT2D eigenvalue weighted by molar-refractivity contribution is -0.140. The van der Waals surface area contributed by atoms with E-state index in [1.807, 2.05) is 0 Å². The maximum absolute atomic E-state index is 12.3. The molecule has 2 aromatic heterocycles. The van der Waals surface area contributed by atoms with E-state index in [4.69, 9.17) is 5.73 Å². The zero-order valence-electron chi connectivity index (χ0n) is 8.10. The summed E-state index contributed by atoms with van der Waals surface area (Å²) in [5, 5.41) is 4.49. The van der Waals surface area contributed by atoms with E-state index in [1.165, 1.54) is 12.3 Å². The zero-order valence-corrected chi connectivity index (χ0v) is 8.92. The smallest absolute Gasteiger partial charge is 0.364 e. The number of nitrogens with zero attached hydrogens (tertiary/aromatic N) is 3. The van der Waals surface area contributed by atoms with Crippen LogP contribution in [0.15, 0.2) is 17.6 Å². The summed E-state index contributed by atoms with van der Waals surface area (Å²) in [6.07, 6.45) is -3.26. The van der Waals surface area contributed by atoms with Crippen LogP contribution in [0, 0.1) is 0 Å². The lowest BCUT2D eigenvalue weighted by Gasteiger charge is -2.01. The molecule has 2 aromatic rings. The van der Waals surface area contributed by atoms with Crippen molar-refractivity contribution in [3.8, 4) is 5.13 Å². The molecule has 2 N–H and O–H groups in total. The minimum atomic E-state index is -4.52. The van der Waals surface area contributed by atoms with Gasteiger partial charge in [0.05, 0.1) is 6.20 Å². The number of hydrogen-bond acceptors (Lipinski definition) is 4. The average molecular weight is 262 g/mol. The molecule has 90 valence electrons. The van der Waals surface area contributed by atoms with Gasteiger partial charge in [0, 0.05) is 5.38 Å². The quantitative estimate of drug-likeness (QED) is 0.890. The van der Waals surface area contributed by atoms with Gasteiger partial charge in [-0.3, -0.25) is 4.79 Å². The summed E-state index contributed by atoms with van der Waals surface area (Å²) in [4.78, 5) is 14.3. The van der Waals surface area contributed by atoms with Crippen molar-refractivity contribution < 1.29 is 18.0 Å². The Bertz CT molecular complexity index is 559. The molecule has 2 heterocycles. The second kappa shape index (κ2) is 3.84. The molecule has 0 atom stereocenters. The first kappa shape index (κ1) is 11.6. The predicted molar refractivity (Wildman–Crippen MR) is 52.8 cm³/mol. The maximum Gasteiger partial charge on any atom is 0.434 e. The normalized spacial score (nSPS) is 11.7. The molecule has 0 radical (unpaired) electrons. The molecule has 0 aliphatic rings. The Morgan fingerprint density at radius 3 is 2.71 bits per heavy atom. The number of primary amides is 1. The van der Waals surface area contributed by atoms with E-state index in [0.29, 0.717) is 0 Å². The zero-order chi connectivity index (χ0) is 12.6. The lowest BCUT2D eigenvalue weighted by Crippen LogP contribution is -2.16. The predicted octanol–water partition coefficient (Wildman–Crippen LogP) is 1.45. The van der Waals surface area contributed by atoms with Gasteiger partial charge in [-0.2, -0.15) is 18.3 Å². The van der Waals surface area contributed by atoms with Gasteiger partial charge in [-0.15, -0.1) is 11.3 Å². The van der Waals surface area contributed by atoms with E-state index < -0.39 is 17.8 Å². The first-order valence-corrected chi connectivity index (χ1v) is 5.14. The molecule has 1 amide bonds. The number of rotatable bonds is 2. The van der Waals surface area contributed by atoms with E-state index in [1.54, 1.807) is 0 Å². The van der Waals surface area contributed by atoms with Gasteiger partial charge in [0.25, 0.3) is 5.91 Å². The molecule has 0 bridgehead atoms. The van der Waals surface area contributed by atoms with Gasteiger partial charge in [0.15, 0.2) is 5.69 Å². The van der Waals surface area contributed by atoms with Crippen LogP contribution in [0.3, 0.4) is 0 Å². The first-order valence-electron chi connectivity index (χ1n) is 4.26. The Morgan fingerprint density at radius 1 is 1.47 bits per heavy atom. The van der Waals surface area contributed by atoms with Gasteiger partial charge in [-0.25, -0.2) is 9.67 Å². The molecule has 0 fully saturated rings. The third-order valence-corrected chi connectivity index (χ3v) is 2.68.